The molecule has 1 heterocycles. The first-order valence-corrected chi connectivity index (χ1v) is 6.98. The molecule has 1 aromatic rings. The first-order valence-electron chi connectivity index (χ1n) is 6.98. The number of nitrogens with two attached hydrogens (primary N) is 1. The molecule has 1 aromatic heterocycles. The molecule has 1 saturated carbocycles. The van der Waals surface area contributed by atoms with Crippen LogP contribution in [0, 0.1) is 17.3 Å². The van der Waals surface area contributed by atoms with Gasteiger partial charge in [-0.15, -0.1) is 0 Å². The van der Waals surface area contributed by atoms with Crippen LogP contribution in [0.15, 0.2) is 18.5 Å². The minimum atomic E-state index is -0.0753. The van der Waals surface area contributed by atoms with Crippen LogP contribution in [0.3, 0.4) is 0 Å². The molecule has 1 amide bonds. The van der Waals surface area contributed by atoms with Gasteiger partial charge in [-0.3, -0.25) is 9.78 Å². The Balaban J connectivity index is 2.17. The minimum Gasteiger partial charge on any atom is -0.349 e. The van der Waals surface area contributed by atoms with Gasteiger partial charge in [0.15, 0.2) is 0 Å². The van der Waals surface area contributed by atoms with E-state index < -0.39 is 0 Å². The standard InChI is InChI=1S/C16H21N3O/c1-16(2)8-3-6-14(16)19-15(20)13-7-10-18-11-12(13)5-4-9-17/h7,10-11,14H,3,6,8-9,17H2,1-2H3,(H,19,20). The molecule has 1 unspecified atom stereocenters. The molecule has 0 radical (unpaired) electrons. The molecule has 1 atom stereocenters. The molecule has 2 rings (SSSR count). The van der Waals surface area contributed by atoms with E-state index in [2.05, 4.69) is 36.0 Å². The third-order valence-electron chi connectivity index (χ3n) is 3.95. The van der Waals surface area contributed by atoms with Crippen molar-refractivity contribution in [1.29, 1.82) is 0 Å². The lowest BCUT2D eigenvalue weighted by Gasteiger charge is -2.27. The van der Waals surface area contributed by atoms with Crippen LogP contribution in [0.4, 0.5) is 0 Å². The van der Waals surface area contributed by atoms with E-state index in [0.29, 0.717) is 11.1 Å². The van der Waals surface area contributed by atoms with Crippen LogP contribution in [-0.2, 0) is 0 Å². The Morgan fingerprint density at radius 3 is 3.05 bits per heavy atom. The first-order chi connectivity index (χ1) is 9.54. The van der Waals surface area contributed by atoms with Gasteiger partial charge in [-0.25, -0.2) is 0 Å². The van der Waals surface area contributed by atoms with E-state index in [-0.39, 0.29) is 23.9 Å². The summed E-state index contributed by atoms with van der Waals surface area (Å²) in [5.41, 5.74) is 6.74. The maximum atomic E-state index is 12.4. The number of nitrogens with one attached hydrogen (secondary N) is 1. The molecule has 0 bridgehead atoms. The van der Waals surface area contributed by atoms with Crippen LogP contribution in [-0.4, -0.2) is 23.5 Å². The summed E-state index contributed by atoms with van der Waals surface area (Å²) in [5.74, 6) is 5.59. The second-order valence-electron chi connectivity index (χ2n) is 5.83. The average Bonchev–Trinajstić information content (AvgIpc) is 2.76. The van der Waals surface area contributed by atoms with E-state index in [1.165, 1.54) is 0 Å². The molecule has 0 aromatic carbocycles. The smallest absolute Gasteiger partial charge is 0.252 e. The fourth-order valence-corrected chi connectivity index (χ4v) is 2.67. The number of amides is 1. The molecule has 1 fully saturated rings. The van der Waals surface area contributed by atoms with Crippen molar-refractivity contribution in [3.05, 3.63) is 29.6 Å². The van der Waals surface area contributed by atoms with Crippen molar-refractivity contribution >= 4 is 5.91 Å². The molecule has 20 heavy (non-hydrogen) atoms. The van der Waals surface area contributed by atoms with Gasteiger partial charge in [0, 0.05) is 18.4 Å². The number of nitrogens with zero attached hydrogens (tertiary/aromatic N) is 1. The van der Waals surface area contributed by atoms with Gasteiger partial charge in [0.05, 0.1) is 17.7 Å². The lowest BCUT2D eigenvalue weighted by atomic mass is 9.87. The Morgan fingerprint density at radius 2 is 2.40 bits per heavy atom. The van der Waals surface area contributed by atoms with E-state index >= 15 is 0 Å². The molecule has 0 saturated heterocycles. The van der Waals surface area contributed by atoms with Crippen molar-refractivity contribution in [2.75, 3.05) is 6.54 Å². The quantitative estimate of drug-likeness (QED) is 0.804. The molecule has 1 aliphatic carbocycles. The topological polar surface area (TPSA) is 68.0 Å². The van der Waals surface area contributed by atoms with E-state index in [0.717, 1.165) is 19.3 Å². The number of hydrogen-bond acceptors (Lipinski definition) is 3. The summed E-state index contributed by atoms with van der Waals surface area (Å²) in [6.45, 7) is 4.67. The summed E-state index contributed by atoms with van der Waals surface area (Å²) in [5, 5.41) is 3.14. The van der Waals surface area contributed by atoms with Gasteiger partial charge in [-0.1, -0.05) is 32.1 Å². The molecule has 0 spiro atoms. The first kappa shape index (κ1) is 14.5. The van der Waals surface area contributed by atoms with E-state index in [1.54, 1.807) is 18.5 Å². The van der Waals surface area contributed by atoms with Crippen LogP contribution in [0.1, 0.15) is 49.0 Å². The highest BCUT2D eigenvalue weighted by Crippen LogP contribution is 2.37. The highest BCUT2D eigenvalue weighted by Gasteiger charge is 2.35. The van der Waals surface area contributed by atoms with Gasteiger partial charge in [0.2, 0.25) is 0 Å². The van der Waals surface area contributed by atoms with Crippen LogP contribution in [0.2, 0.25) is 0 Å². The number of hydrogen-bond donors (Lipinski definition) is 2. The predicted octanol–water partition coefficient (Wildman–Crippen LogP) is 1.70. The summed E-state index contributed by atoms with van der Waals surface area (Å²) < 4.78 is 0. The Kier molecular flexibility index (Phi) is 4.41. The summed E-state index contributed by atoms with van der Waals surface area (Å²) >= 11 is 0. The Bertz CT molecular complexity index is 554. The monoisotopic (exact) mass is 271 g/mol. The van der Waals surface area contributed by atoms with Gasteiger partial charge in [0.1, 0.15) is 0 Å². The Morgan fingerprint density at radius 1 is 1.60 bits per heavy atom. The van der Waals surface area contributed by atoms with Crippen molar-refractivity contribution in [3.8, 4) is 11.8 Å². The average molecular weight is 271 g/mol. The number of carbonyl (C=O) groups excluding carboxylic acids is 1. The van der Waals surface area contributed by atoms with Crippen molar-refractivity contribution in [2.24, 2.45) is 11.1 Å². The molecule has 4 nitrogen and oxygen atoms in total. The molecule has 1 aliphatic rings. The number of aromatic nitrogens is 1. The van der Waals surface area contributed by atoms with Crippen LogP contribution in [0.5, 0.6) is 0 Å². The largest absolute Gasteiger partial charge is 0.349 e. The summed E-state index contributed by atoms with van der Waals surface area (Å²) in [7, 11) is 0. The Hall–Kier alpha value is -1.86. The highest BCUT2D eigenvalue weighted by molar-refractivity contribution is 5.96. The predicted molar refractivity (Wildman–Crippen MR) is 79.1 cm³/mol. The molecular formula is C16H21N3O. The second kappa shape index (κ2) is 6.06. The SMILES string of the molecule is CC1(C)CCCC1NC(=O)c1ccncc1C#CCN. The molecule has 106 valence electrons. The fraction of sp³-hybridized carbons (Fsp3) is 0.500. The third kappa shape index (κ3) is 3.17. The third-order valence-corrected chi connectivity index (χ3v) is 3.95. The van der Waals surface area contributed by atoms with Gasteiger partial charge < -0.3 is 11.1 Å². The lowest BCUT2D eigenvalue weighted by molar-refractivity contribution is 0.0909. The summed E-state index contributed by atoms with van der Waals surface area (Å²) in [6.07, 6.45) is 6.57. The van der Waals surface area contributed by atoms with E-state index in [1.807, 2.05) is 0 Å². The number of rotatable bonds is 2. The van der Waals surface area contributed by atoms with Crippen molar-refractivity contribution in [1.82, 2.24) is 10.3 Å². The molecule has 4 heteroatoms. The summed E-state index contributed by atoms with van der Waals surface area (Å²) in [6, 6.07) is 1.93. The lowest BCUT2D eigenvalue weighted by Crippen LogP contribution is -2.41. The van der Waals surface area contributed by atoms with Crippen LogP contribution >= 0.6 is 0 Å². The van der Waals surface area contributed by atoms with E-state index in [9.17, 15) is 4.79 Å². The second-order valence-corrected chi connectivity index (χ2v) is 5.83. The van der Waals surface area contributed by atoms with E-state index in [4.69, 9.17) is 5.73 Å². The molecule has 0 aliphatic heterocycles. The molecule has 3 N–H and O–H groups in total. The van der Waals surface area contributed by atoms with Gasteiger partial charge in [0.25, 0.3) is 5.91 Å². The number of pyridine rings is 1. The zero-order valence-corrected chi connectivity index (χ0v) is 12.1. The highest BCUT2D eigenvalue weighted by atomic mass is 16.1. The molecular weight excluding hydrogens is 250 g/mol. The Labute approximate surface area is 120 Å². The minimum absolute atomic E-state index is 0.0753. The van der Waals surface area contributed by atoms with Gasteiger partial charge in [-0.05, 0) is 24.3 Å². The zero-order chi connectivity index (χ0) is 14.6. The van der Waals surface area contributed by atoms with Crippen molar-refractivity contribution in [3.63, 3.8) is 0 Å². The van der Waals surface area contributed by atoms with Crippen LogP contribution in [0.25, 0.3) is 0 Å². The normalized spacial score (nSPS) is 20.1. The maximum Gasteiger partial charge on any atom is 0.252 e. The number of carbonyl (C=O) groups is 1. The summed E-state index contributed by atoms with van der Waals surface area (Å²) in [4.78, 5) is 16.5. The van der Waals surface area contributed by atoms with Crippen molar-refractivity contribution in [2.45, 2.75) is 39.2 Å². The van der Waals surface area contributed by atoms with Crippen LogP contribution < -0.4 is 11.1 Å². The van der Waals surface area contributed by atoms with Crippen molar-refractivity contribution < 1.29 is 4.79 Å². The van der Waals surface area contributed by atoms with Gasteiger partial charge in [-0.2, -0.15) is 0 Å². The fourth-order valence-electron chi connectivity index (χ4n) is 2.67. The zero-order valence-electron chi connectivity index (χ0n) is 12.1. The maximum absolute atomic E-state index is 12.4. The van der Waals surface area contributed by atoms with Gasteiger partial charge >= 0.3 is 0 Å².